The number of hydrogen-bond donors (Lipinski definition) is 1. The van der Waals surface area contributed by atoms with E-state index in [9.17, 15) is 0 Å². The van der Waals surface area contributed by atoms with Crippen molar-refractivity contribution in [2.24, 2.45) is 0 Å². The minimum absolute atomic E-state index is 0.405. The van der Waals surface area contributed by atoms with Gasteiger partial charge >= 0.3 is 0 Å². The van der Waals surface area contributed by atoms with Crippen molar-refractivity contribution < 1.29 is 0 Å². The van der Waals surface area contributed by atoms with Crippen LogP contribution < -0.4 is 0 Å². The Hall–Kier alpha value is -0.290. The summed E-state index contributed by atoms with van der Waals surface area (Å²) >= 11 is 7.13. The number of rotatable bonds is 3. The Bertz CT molecular complexity index is 349. The summed E-state index contributed by atoms with van der Waals surface area (Å²) in [5, 5.41) is 6.76. The maximum absolute atomic E-state index is 5.15. The molecule has 1 aromatic rings. The molecule has 0 atom stereocenters. The average molecular weight is 229 g/mol. The molecule has 1 fully saturated rings. The zero-order valence-corrected chi connectivity index (χ0v) is 9.96. The molecule has 2 rings (SSSR count). The van der Waals surface area contributed by atoms with E-state index in [1.165, 1.54) is 25.7 Å². The minimum Gasteiger partial charge on any atom is -0.305 e. The molecule has 0 spiro atoms. The van der Waals surface area contributed by atoms with Crippen molar-refractivity contribution in [3.05, 3.63) is 11.1 Å². The molecular weight excluding hydrogens is 214 g/mol. The molecule has 0 radical (unpaired) electrons. The third-order valence-electron chi connectivity index (χ3n) is 3.02. The van der Waals surface area contributed by atoms with E-state index in [1.54, 1.807) is 6.33 Å². The number of nitrogens with zero attached hydrogens (tertiary/aromatic N) is 2. The van der Waals surface area contributed by atoms with E-state index in [-0.39, 0.29) is 0 Å². The smallest absolute Gasteiger partial charge is 0.194 e. The maximum Gasteiger partial charge on any atom is 0.194 e. The van der Waals surface area contributed by atoms with Gasteiger partial charge < -0.3 is 4.57 Å². The Labute approximate surface area is 93.3 Å². The quantitative estimate of drug-likeness (QED) is 0.809. The normalized spacial score (nSPS) is 20.1. The first-order valence-electron chi connectivity index (χ1n) is 4.91. The van der Waals surface area contributed by atoms with Crippen LogP contribution in [-0.2, 0) is 6.54 Å². The topological polar surface area (TPSA) is 33.6 Å². The average Bonchev–Trinajstić information content (AvgIpc) is 2.79. The van der Waals surface area contributed by atoms with Crippen LogP contribution in [0.1, 0.15) is 25.7 Å². The van der Waals surface area contributed by atoms with Gasteiger partial charge in [-0.1, -0.05) is 12.8 Å². The highest BCUT2D eigenvalue weighted by molar-refractivity contribution is 8.00. The lowest BCUT2D eigenvalue weighted by molar-refractivity contribution is 0.501. The summed E-state index contributed by atoms with van der Waals surface area (Å²) < 4.78 is 3.20. The molecule has 0 saturated heterocycles. The van der Waals surface area contributed by atoms with Crippen molar-refractivity contribution in [3.63, 3.8) is 0 Å². The van der Waals surface area contributed by atoms with Gasteiger partial charge in [0.05, 0.1) is 0 Å². The fraction of sp³-hybridized carbons (Fsp3) is 0.778. The van der Waals surface area contributed by atoms with Crippen molar-refractivity contribution in [3.8, 4) is 0 Å². The molecule has 1 saturated carbocycles. The number of hydrogen-bond acceptors (Lipinski definition) is 3. The molecule has 1 N–H and O–H groups in total. The van der Waals surface area contributed by atoms with Gasteiger partial charge in [-0.2, -0.15) is 16.9 Å². The van der Waals surface area contributed by atoms with Crippen LogP contribution in [0.2, 0.25) is 0 Å². The van der Waals surface area contributed by atoms with Gasteiger partial charge in [0, 0.05) is 11.3 Å². The first kappa shape index (κ1) is 10.2. The van der Waals surface area contributed by atoms with Crippen LogP contribution in [0, 0.1) is 4.77 Å². The van der Waals surface area contributed by atoms with Gasteiger partial charge in [-0.15, -0.1) is 0 Å². The number of thioether (sulfide) groups is 1. The van der Waals surface area contributed by atoms with Crippen LogP contribution in [0.15, 0.2) is 6.33 Å². The Kier molecular flexibility index (Phi) is 2.97. The molecular formula is C9H15N3S2. The van der Waals surface area contributed by atoms with Crippen LogP contribution in [0.5, 0.6) is 0 Å². The molecule has 0 amide bonds. The zero-order chi connectivity index (χ0) is 10.0. The maximum atomic E-state index is 5.15. The van der Waals surface area contributed by atoms with E-state index in [0.717, 1.165) is 11.3 Å². The number of H-pyrrole nitrogens is 1. The second kappa shape index (κ2) is 4.06. The third kappa shape index (κ3) is 1.88. The van der Waals surface area contributed by atoms with Crippen LogP contribution in [0.25, 0.3) is 0 Å². The molecule has 0 unspecified atom stereocenters. The van der Waals surface area contributed by atoms with Crippen LogP contribution in [0.4, 0.5) is 0 Å². The van der Waals surface area contributed by atoms with Crippen molar-refractivity contribution in [2.75, 3.05) is 6.26 Å². The number of aromatic nitrogens is 3. The van der Waals surface area contributed by atoms with E-state index >= 15 is 0 Å². The Morgan fingerprint density at radius 2 is 2.36 bits per heavy atom. The lowest BCUT2D eigenvalue weighted by atomic mass is 10.1. The van der Waals surface area contributed by atoms with Crippen molar-refractivity contribution in [1.29, 1.82) is 0 Å². The van der Waals surface area contributed by atoms with Gasteiger partial charge in [0.15, 0.2) is 4.77 Å². The largest absolute Gasteiger partial charge is 0.305 e. The summed E-state index contributed by atoms with van der Waals surface area (Å²) in [5.74, 6) is 0. The van der Waals surface area contributed by atoms with Gasteiger partial charge in [-0.25, -0.2) is 0 Å². The molecule has 3 nitrogen and oxygen atoms in total. The predicted molar refractivity (Wildman–Crippen MR) is 62.1 cm³/mol. The van der Waals surface area contributed by atoms with E-state index in [0.29, 0.717) is 4.75 Å². The van der Waals surface area contributed by atoms with Gasteiger partial charge in [0.1, 0.15) is 6.33 Å². The van der Waals surface area contributed by atoms with Crippen molar-refractivity contribution in [1.82, 2.24) is 14.8 Å². The Balaban J connectivity index is 2.16. The molecule has 14 heavy (non-hydrogen) atoms. The molecule has 0 aromatic carbocycles. The Morgan fingerprint density at radius 1 is 1.64 bits per heavy atom. The standard InChI is InChI=1S/C9H15N3S2/c1-14-9(4-2-3-5-9)6-12-7-10-11-8(12)13/h7H,2-6H2,1H3,(H,11,13). The van der Waals surface area contributed by atoms with Gasteiger partial charge in [-0.3, -0.25) is 5.10 Å². The van der Waals surface area contributed by atoms with Crippen LogP contribution in [0.3, 0.4) is 0 Å². The van der Waals surface area contributed by atoms with E-state index < -0.39 is 0 Å². The molecule has 78 valence electrons. The van der Waals surface area contributed by atoms with E-state index in [4.69, 9.17) is 12.2 Å². The van der Waals surface area contributed by atoms with Gasteiger partial charge in [0.25, 0.3) is 0 Å². The minimum atomic E-state index is 0.405. The Morgan fingerprint density at radius 3 is 2.86 bits per heavy atom. The summed E-state index contributed by atoms with van der Waals surface area (Å²) in [6.07, 6.45) is 9.33. The predicted octanol–water partition coefficient (Wildman–Crippen LogP) is 2.62. The molecule has 1 aliphatic rings. The summed E-state index contributed by atoms with van der Waals surface area (Å²) in [5.41, 5.74) is 0. The molecule has 1 aliphatic carbocycles. The second-order valence-corrected chi connectivity index (χ2v) is 5.54. The molecule has 0 bridgehead atoms. The summed E-state index contributed by atoms with van der Waals surface area (Å²) in [7, 11) is 0. The summed E-state index contributed by atoms with van der Waals surface area (Å²) in [6.45, 7) is 1.00. The highest BCUT2D eigenvalue weighted by Crippen LogP contribution is 2.41. The van der Waals surface area contributed by atoms with E-state index in [1.807, 2.05) is 11.8 Å². The molecule has 5 heteroatoms. The van der Waals surface area contributed by atoms with Crippen molar-refractivity contribution >= 4 is 24.0 Å². The molecule has 0 aliphatic heterocycles. The molecule has 1 aromatic heterocycles. The lowest BCUT2D eigenvalue weighted by Crippen LogP contribution is -2.26. The van der Waals surface area contributed by atoms with Crippen molar-refractivity contribution in [2.45, 2.75) is 37.0 Å². The van der Waals surface area contributed by atoms with Gasteiger partial charge in [0.2, 0.25) is 0 Å². The highest BCUT2D eigenvalue weighted by Gasteiger charge is 2.33. The fourth-order valence-corrected chi connectivity index (χ4v) is 3.27. The summed E-state index contributed by atoms with van der Waals surface area (Å²) in [4.78, 5) is 0. The third-order valence-corrected chi connectivity index (χ3v) is 4.75. The first-order valence-corrected chi connectivity index (χ1v) is 6.54. The van der Waals surface area contributed by atoms with E-state index in [2.05, 4.69) is 21.0 Å². The first-order chi connectivity index (χ1) is 6.76. The lowest BCUT2D eigenvalue weighted by Gasteiger charge is -2.26. The van der Waals surface area contributed by atoms with Gasteiger partial charge in [-0.05, 0) is 31.3 Å². The van der Waals surface area contributed by atoms with Crippen LogP contribution >= 0.6 is 24.0 Å². The highest BCUT2D eigenvalue weighted by atomic mass is 32.2. The SMILES string of the molecule is CSC1(Cn2cn[nH]c2=S)CCCC1. The zero-order valence-electron chi connectivity index (χ0n) is 8.32. The van der Waals surface area contributed by atoms with Crippen LogP contribution in [-0.4, -0.2) is 25.8 Å². The second-order valence-electron chi connectivity index (χ2n) is 3.88. The monoisotopic (exact) mass is 229 g/mol. The number of nitrogens with one attached hydrogen (secondary N) is 1. The fourth-order valence-electron chi connectivity index (χ4n) is 2.14. The molecule has 1 heterocycles. The summed E-state index contributed by atoms with van der Waals surface area (Å²) in [6, 6.07) is 0. The number of aromatic amines is 1.